The third kappa shape index (κ3) is 7.41. The van der Waals surface area contributed by atoms with Gasteiger partial charge in [0, 0.05) is 64.5 Å². The molecule has 6 nitrogen and oxygen atoms in total. The minimum Gasteiger partial charge on any atom is -0.383 e. The summed E-state index contributed by atoms with van der Waals surface area (Å²) in [5, 5.41) is 4.32. The van der Waals surface area contributed by atoms with Gasteiger partial charge in [-0.3, -0.25) is 9.89 Å². The molecule has 2 heterocycles. The van der Waals surface area contributed by atoms with Crippen molar-refractivity contribution in [2.45, 2.75) is 26.3 Å². The fraction of sp³-hybridized carbons (Fsp3) is 0.696. The molecule has 3 rings (SSSR count). The second-order valence-corrected chi connectivity index (χ2v) is 8.80. The Morgan fingerprint density at radius 2 is 1.77 bits per heavy atom. The van der Waals surface area contributed by atoms with E-state index < -0.39 is 0 Å². The van der Waals surface area contributed by atoms with Gasteiger partial charge in [-0.25, -0.2) is 0 Å². The van der Waals surface area contributed by atoms with Crippen LogP contribution in [0.1, 0.15) is 25.3 Å². The number of aliphatic imine (C=N–C) groups is 1. The largest absolute Gasteiger partial charge is 0.383 e. The highest BCUT2D eigenvalue weighted by Gasteiger charge is 2.22. The number of hydrogen-bond donors (Lipinski definition) is 1. The lowest BCUT2D eigenvalue weighted by Gasteiger charge is -2.37. The molecule has 2 saturated heterocycles. The van der Waals surface area contributed by atoms with Crippen LogP contribution in [-0.4, -0.2) is 93.3 Å². The number of ether oxygens (including phenoxy) is 1. The molecule has 2 aliphatic rings. The van der Waals surface area contributed by atoms with Gasteiger partial charge >= 0.3 is 0 Å². The molecule has 0 spiro atoms. The van der Waals surface area contributed by atoms with E-state index in [0.29, 0.717) is 5.92 Å². The van der Waals surface area contributed by atoms with Crippen LogP contribution in [0.4, 0.5) is 0 Å². The third-order valence-corrected chi connectivity index (χ3v) is 6.40. The number of nitrogens with zero attached hydrogens (tertiary/aromatic N) is 4. The minimum atomic E-state index is 0.698. The van der Waals surface area contributed by atoms with E-state index >= 15 is 0 Å². The van der Waals surface area contributed by atoms with E-state index in [4.69, 9.17) is 21.3 Å². The van der Waals surface area contributed by atoms with Gasteiger partial charge in [-0.05, 0) is 56.5 Å². The van der Waals surface area contributed by atoms with Crippen molar-refractivity contribution in [2.24, 2.45) is 10.9 Å². The number of benzene rings is 1. The summed E-state index contributed by atoms with van der Waals surface area (Å²) in [4.78, 5) is 12.5. The number of rotatable bonds is 8. The molecule has 0 amide bonds. The van der Waals surface area contributed by atoms with Crippen LogP contribution in [0, 0.1) is 5.92 Å². The third-order valence-electron chi connectivity index (χ3n) is 6.14. The van der Waals surface area contributed by atoms with Crippen LogP contribution in [0.5, 0.6) is 0 Å². The average molecular weight is 436 g/mol. The molecule has 1 aromatic carbocycles. The summed E-state index contributed by atoms with van der Waals surface area (Å²) < 4.78 is 5.20. The Morgan fingerprint density at radius 1 is 1.07 bits per heavy atom. The quantitative estimate of drug-likeness (QED) is 0.502. The second kappa shape index (κ2) is 12.5. The Kier molecular flexibility index (Phi) is 9.72. The van der Waals surface area contributed by atoms with Crippen molar-refractivity contribution in [2.75, 3.05) is 72.6 Å². The number of guanidine groups is 1. The highest BCUT2D eigenvalue weighted by Crippen LogP contribution is 2.18. The molecule has 1 N–H and O–H groups in total. The summed E-state index contributed by atoms with van der Waals surface area (Å²) in [5.74, 6) is 1.79. The standard InChI is InChI=1S/C23H38ClN5O/c1-3-25-23(26-18-20-8-10-27(11-9-20)16-17-30-2)29-14-12-28(13-15-29)19-21-4-6-22(24)7-5-21/h4-7,20H,3,8-19H2,1-2H3,(H,25,26). The molecule has 168 valence electrons. The second-order valence-electron chi connectivity index (χ2n) is 8.36. The van der Waals surface area contributed by atoms with E-state index in [2.05, 4.69) is 39.1 Å². The summed E-state index contributed by atoms with van der Waals surface area (Å²) in [7, 11) is 1.78. The Balaban J connectivity index is 1.44. The molecule has 30 heavy (non-hydrogen) atoms. The van der Waals surface area contributed by atoms with Gasteiger partial charge in [-0.15, -0.1) is 0 Å². The summed E-state index contributed by atoms with van der Waals surface area (Å²) in [5.41, 5.74) is 1.32. The lowest BCUT2D eigenvalue weighted by Crippen LogP contribution is -2.52. The molecule has 2 aliphatic heterocycles. The van der Waals surface area contributed by atoms with E-state index in [1.54, 1.807) is 7.11 Å². The van der Waals surface area contributed by atoms with Crippen molar-refractivity contribution in [3.05, 3.63) is 34.9 Å². The zero-order valence-corrected chi connectivity index (χ0v) is 19.4. The van der Waals surface area contributed by atoms with Gasteiger partial charge in [-0.2, -0.15) is 0 Å². The molecular formula is C23H38ClN5O. The van der Waals surface area contributed by atoms with Crippen molar-refractivity contribution in [3.8, 4) is 0 Å². The number of piperidine rings is 1. The first-order valence-corrected chi connectivity index (χ1v) is 11.8. The highest BCUT2D eigenvalue weighted by atomic mass is 35.5. The molecule has 0 radical (unpaired) electrons. The van der Waals surface area contributed by atoms with Gasteiger partial charge in [0.05, 0.1) is 6.61 Å². The first kappa shape index (κ1) is 23.3. The molecule has 2 fully saturated rings. The van der Waals surface area contributed by atoms with Gasteiger partial charge in [0.15, 0.2) is 5.96 Å². The van der Waals surface area contributed by atoms with E-state index in [1.807, 2.05) is 12.1 Å². The normalized spacial score (nSPS) is 20.0. The van der Waals surface area contributed by atoms with Crippen molar-refractivity contribution in [3.63, 3.8) is 0 Å². The monoisotopic (exact) mass is 435 g/mol. The minimum absolute atomic E-state index is 0.698. The summed E-state index contributed by atoms with van der Waals surface area (Å²) >= 11 is 6.00. The Hall–Kier alpha value is -1.34. The topological polar surface area (TPSA) is 43.3 Å². The number of nitrogens with one attached hydrogen (secondary N) is 1. The van der Waals surface area contributed by atoms with Crippen molar-refractivity contribution in [1.29, 1.82) is 0 Å². The zero-order valence-electron chi connectivity index (χ0n) is 18.7. The molecule has 0 unspecified atom stereocenters. The number of methoxy groups -OCH3 is 1. The Morgan fingerprint density at radius 3 is 2.40 bits per heavy atom. The zero-order chi connectivity index (χ0) is 21.2. The van der Waals surface area contributed by atoms with Crippen LogP contribution >= 0.6 is 11.6 Å². The van der Waals surface area contributed by atoms with Crippen molar-refractivity contribution < 1.29 is 4.74 Å². The molecule has 0 atom stereocenters. The number of piperazine rings is 1. The Labute approximate surface area is 187 Å². The van der Waals surface area contributed by atoms with Crippen LogP contribution in [-0.2, 0) is 11.3 Å². The van der Waals surface area contributed by atoms with Crippen LogP contribution in [0.25, 0.3) is 0 Å². The lowest BCUT2D eigenvalue weighted by atomic mass is 9.97. The predicted octanol–water partition coefficient (Wildman–Crippen LogP) is 2.78. The van der Waals surface area contributed by atoms with Crippen LogP contribution < -0.4 is 5.32 Å². The van der Waals surface area contributed by atoms with Gasteiger partial charge < -0.3 is 19.9 Å². The molecule has 0 aromatic heterocycles. The average Bonchev–Trinajstić information content (AvgIpc) is 2.78. The van der Waals surface area contributed by atoms with Crippen LogP contribution in [0.3, 0.4) is 0 Å². The molecule has 0 aliphatic carbocycles. The predicted molar refractivity (Wildman–Crippen MR) is 125 cm³/mol. The molecule has 0 bridgehead atoms. The van der Waals surface area contributed by atoms with E-state index in [9.17, 15) is 0 Å². The maximum atomic E-state index is 6.00. The highest BCUT2D eigenvalue weighted by molar-refractivity contribution is 6.30. The first-order valence-electron chi connectivity index (χ1n) is 11.4. The van der Waals surface area contributed by atoms with E-state index in [-0.39, 0.29) is 0 Å². The summed E-state index contributed by atoms with van der Waals surface area (Å²) in [6.07, 6.45) is 2.48. The fourth-order valence-corrected chi connectivity index (χ4v) is 4.35. The Bertz CT molecular complexity index is 637. The lowest BCUT2D eigenvalue weighted by molar-refractivity contribution is 0.121. The van der Waals surface area contributed by atoms with Gasteiger partial charge in [0.25, 0.3) is 0 Å². The van der Waals surface area contributed by atoms with Gasteiger partial charge in [0.1, 0.15) is 0 Å². The maximum Gasteiger partial charge on any atom is 0.194 e. The number of likely N-dealkylation sites (tertiary alicyclic amines) is 1. The van der Waals surface area contributed by atoms with Gasteiger partial charge in [0.2, 0.25) is 0 Å². The summed E-state index contributed by atoms with van der Waals surface area (Å²) in [6, 6.07) is 8.21. The van der Waals surface area contributed by atoms with E-state index in [0.717, 1.165) is 69.9 Å². The first-order chi connectivity index (χ1) is 14.7. The smallest absolute Gasteiger partial charge is 0.194 e. The van der Waals surface area contributed by atoms with Crippen molar-refractivity contribution >= 4 is 17.6 Å². The maximum absolute atomic E-state index is 6.00. The van der Waals surface area contributed by atoms with Crippen LogP contribution in [0.15, 0.2) is 29.3 Å². The summed E-state index contributed by atoms with van der Waals surface area (Å²) in [6.45, 7) is 13.4. The van der Waals surface area contributed by atoms with Crippen molar-refractivity contribution in [1.82, 2.24) is 20.0 Å². The number of hydrogen-bond acceptors (Lipinski definition) is 4. The van der Waals surface area contributed by atoms with E-state index in [1.165, 1.54) is 31.5 Å². The SMILES string of the molecule is CCNC(=NCC1CCN(CCOC)CC1)N1CCN(Cc2ccc(Cl)cc2)CC1. The van der Waals surface area contributed by atoms with Crippen LogP contribution in [0.2, 0.25) is 5.02 Å². The fourth-order valence-electron chi connectivity index (χ4n) is 4.22. The van der Waals surface area contributed by atoms with Gasteiger partial charge in [-0.1, -0.05) is 23.7 Å². The molecular weight excluding hydrogens is 398 g/mol. The molecule has 7 heteroatoms. The molecule has 1 aromatic rings. The number of halogens is 1. The molecule has 0 saturated carbocycles.